The van der Waals surface area contributed by atoms with E-state index < -0.39 is 0 Å². The van der Waals surface area contributed by atoms with Gasteiger partial charge in [0, 0.05) is 12.5 Å². The molecule has 1 aliphatic rings. The van der Waals surface area contributed by atoms with Gasteiger partial charge in [-0.2, -0.15) is 0 Å². The Bertz CT molecular complexity index is 209. The summed E-state index contributed by atoms with van der Waals surface area (Å²) in [6.07, 6.45) is 1.81. The summed E-state index contributed by atoms with van der Waals surface area (Å²) in [5.74, 6) is 0.341. The molecule has 1 aliphatic heterocycles. The van der Waals surface area contributed by atoms with Crippen LogP contribution < -0.4 is 5.73 Å². The van der Waals surface area contributed by atoms with Gasteiger partial charge in [0.05, 0.1) is 19.3 Å². The third-order valence-electron chi connectivity index (χ3n) is 2.91. The summed E-state index contributed by atoms with van der Waals surface area (Å²) in [6, 6.07) is 0.214. The van der Waals surface area contributed by atoms with Crippen molar-refractivity contribution >= 4 is 5.91 Å². The van der Waals surface area contributed by atoms with E-state index in [9.17, 15) is 4.79 Å². The Morgan fingerprint density at radius 2 is 2.40 bits per heavy atom. The van der Waals surface area contributed by atoms with Crippen LogP contribution in [0.2, 0.25) is 0 Å². The maximum absolute atomic E-state index is 12.0. The van der Waals surface area contributed by atoms with Crippen LogP contribution in [0, 0.1) is 5.92 Å². The second-order valence-electron chi connectivity index (χ2n) is 4.29. The highest BCUT2D eigenvalue weighted by Gasteiger charge is 2.26. The normalized spacial score (nSPS) is 23.9. The second kappa shape index (κ2) is 6.08. The first-order valence-corrected chi connectivity index (χ1v) is 5.75. The Balaban J connectivity index is 2.43. The largest absolute Gasteiger partial charge is 0.377 e. The number of rotatable bonds is 4. The minimum absolute atomic E-state index is 0.0918. The quantitative estimate of drug-likeness (QED) is 0.746. The topological polar surface area (TPSA) is 55.6 Å². The van der Waals surface area contributed by atoms with Crippen molar-refractivity contribution in [2.75, 3.05) is 26.3 Å². The number of ether oxygens (including phenoxy) is 1. The molecule has 1 saturated heterocycles. The molecule has 0 aromatic rings. The highest BCUT2D eigenvalue weighted by atomic mass is 16.5. The zero-order valence-corrected chi connectivity index (χ0v) is 9.74. The van der Waals surface area contributed by atoms with E-state index >= 15 is 0 Å². The summed E-state index contributed by atoms with van der Waals surface area (Å²) in [5, 5.41) is 0. The molecule has 1 amide bonds. The predicted octanol–water partition coefficient (Wildman–Crippen LogP) is 0.609. The maximum Gasteiger partial charge on any atom is 0.225 e. The minimum Gasteiger partial charge on any atom is -0.377 e. The molecule has 2 N–H and O–H groups in total. The molecule has 2 atom stereocenters. The van der Waals surface area contributed by atoms with Crippen molar-refractivity contribution in [3.63, 3.8) is 0 Å². The summed E-state index contributed by atoms with van der Waals surface area (Å²) in [4.78, 5) is 14.0. The molecular formula is C11H22N2O2. The summed E-state index contributed by atoms with van der Waals surface area (Å²) in [7, 11) is 0. The molecule has 4 nitrogen and oxygen atoms in total. The molecule has 0 aliphatic carbocycles. The standard InChI is InChI=1S/C11H22N2O2/c1-9(4-3-5-12)11(14)13-6-7-15-8-10(13)2/h9-10H,3-8,12H2,1-2H3. The third kappa shape index (κ3) is 3.47. The molecule has 88 valence electrons. The average Bonchev–Trinajstić information content (AvgIpc) is 2.25. The summed E-state index contributed by atoms with van der Waals surface area (Å²) in [6.45, 7) is 6.74. The number of hydrogen-bond acceptors (Lipinski definition) is 3. The Hall–Kier alpha value is -0.610. The number of carbonyl (C=O) groups excluding carboxylic acids is 1. The molecule has 4 heteroatoms. The zero-order valence-electron chi connectivity index (χ0n) is 9.74. The number of amides is 1. The molecule has 2 unspecified atom stereocenters. The number of morpholine rings is 1. The molecule has 0 saturated carbocycles. The number of carbonyl (C=O) groups is 1. The monoisotopic (exact) mass is 214 g/mol. The molecule has 1 rings (SSSR count). The summed E-state index contributed by atoms with van der Waals surface area (Å²) in [5.41, 5.74) is 5.44. The lowest BCUT2D eigenvalue weighted by Gasteiger charge is -2.35. The van der Waals surface area contributed by atoms with Crippen molar-refractivity contribution < 1.29 is 9.53 Å². The average molecular weight is 214 g/mol. The van der Waals surface area contributed by atoms with Crippen molar-refractivity contribution in [3.05, 3.63) is 0 Å². The fourth-order valence-electron chi connectivity index (χ4n) is 1.89. The zero-order chi connectivity index (χ0) is 11.3. The fourth-order valence-corrected chi connectivity index (χ4v) is 1.89. The van der Waals surface area contributed by atoms with E-state index in [-0.39, 0.29) is 17.9 Å². The van der Waals surface area contributed by atoms with Gasteiger partial charge in [0.1, 0.15) is 0 Å². The van der Waals surface area contributed by atoms with Gasteiger partial charge in [-0.1, -0.05) is 6.92 Å². The van der Waals surface area contributed by atoms with Gasteiger partial charge in [-0.05, 0) is 26.3 Å². The third-order valence-corrected chi connectivity index (χ3v) is 2.91. The van der Waals surface area contributed by atoms with Crippen LogP contribution in [0.1, 0.15) is 26.7 Å². The lowest BCUT2D eigenvalue weighted by molar-refractivity contribution is -0.143. The van der Waals surface area contributed by atoms with E-state index in [0.717, 1.165) is 19.4 Å². The lowest BCUT2D eigenvalue weighted by Crippen LogP contribution is -2.49. The van der Waals surface area contributed by atoms with Crippen LogP contribution in [0.4, 0.5) is 0 Å². The van der Waals surface area contributed by atoms with E-state index in [2.05, 4.69) is 0 Å². The van der Waals surface area contributed by atoms with Gasteiger partial charge >= 0.3 is 0 Å². The first-order valence-electron chi connectivity index (χ1n) is 5.75. The molecule has 1 heterocycles. The van der Waals surface area contributed by atoms with Gasteiger partial charge in [0.15, 0.2) is 0 Å². The van der Waals surface area contributed by atoms with Crippen LogP contribution in [0.5, 0.6) is 0 Å². The van der Waals surface area contributed by atoms with Crippen molar-refractivity contribution in [2.45, 2.75) is 32.7 Å². The molecule has 0 bridgehead atoms. The van der Waals surface area contributed by atoms with E-state index in [1.807, 2.05) is 18.7 Å². The molecule has 1 fully saturated rings. The summed E-state index contributed by atoms with van der Waals surface area (Å²) >= 11 is 0. The van der Waals surface area contributed by atoms with E-state index in [0.29, 0.717) is 19.8 Å². The van der Waals surface area contributed by atoms with Crippen LogP contribution >= 0.6 is 0 Å². The van der Waals surface area contributed by atoms with E-state index in [4.69, 9.17) is 10.5 Å². The number of hydrogen-bond donors (Lipinski definition) is 1. The van der Waals surface area contributed by atoms with Crippen LogP contribution in [0.15, 0.2) is 0 Å². The second-order valence-corrected chi connectivity index (χ2v) is 4.29. The first kappa shape index (κ1) is 12.5. The first-order chi connectivity index (χ1) is 7.16. The number of nitrogens with two attached hydrogens (primary N) is 1. The Morgan fingerprint density at radius 1 is 1.67 bits per heavy atom. The van der Waals surface area contributed by atoms with Crippen molar-refractivity contribution in [2.24, 2.45) is 11.7 Å². The molecule has 0 spiro atoms. The SMILES string of the molecule is CC(CCCN)C(=O)N1CCOCC1C. The van der Waals surface area contributed by atoms with Gasteiger partial charge in [-0.3, -0.25) is 4.79 Å². The summed E-state index contributed by atoms with van der Waals surface area (Å²) < 4.78 is 5.31. The maximum atomic E-state index is 12.0. The van der Waals surface area contributed by atoms with E-state index in [1.165, 1.54) is 0 Å². The Kier molecular flexibility index (Phi) is 5.05. The van der Waals surface area contributed by atoms with Crippen LogP contribution in [0.25, 0.3) is 0 Å². The minimum atomic E-state index is 0.0918. The molecule has 0 aromatic heterocycles. The van der Waals surface area contributed by atoms with Crippen molar-refractivity contribution in [1.82, 2.24) is 4.90 Å². The molecule has 15 heavy (non-hydrogen) atoms. The van der Waals surface area contributed by atoms with Crippen molar-refractivity contribution in [1.29, 1.82) is 0 Å². The number of nitrogens with zero attached hydrogens (tertiary/aromatic N) is 1. The highest BCUT2D eigenvalue weighted by molar-refractivity contribution is 5.78. The van der Waals surface area contributed by atoms with Crippen LogP contribution in [-0.2, 0) is 9.53 Å². The molecule has 0 radical (unpaired) electrons. The van der Waals surface area contributed by atoms with E-state index in [1.54, 1.807) is 0 Å². The van der Waals surface area contributed by atoms with Gasteiger partial charge in [-0.25, -0.2) is 0 Å². The van der Waals surface area contributed by atoms with Crippen LogP contribution in [-0.4, -0.2) is 43.2 Å². The van der Waals surface area contributed by atoms with Gasteiger partial charge < -0.3 is 15.4 Å². The molecular weight excluding hydrogens is 192 g/mol. The van der Waals surface area contributed by atoms with Gasteiger partial charge in [0.2, 0.25) is 5.91 Å². The lowest BCUT2D eigenvalue weighted by atomic mass is 10.0. The smallest absolute Gasteiger partial charge is 0.225 e. The van der Waals surface area contributed by atoms with Crippen molar-refractivity contribution in [3.8, 4) is 0 Å². The highest BCUT2D eigenvalue weighted by Crippen LogP contribution is 2.14. The van der Waals surface area contributed by atoms with Crippen LogP contribution in [0.3, 0.4) is 0 Å². The van der Waals surface area contributed by atoms with Gasteiger partial charge in [0.25, 0.3) is 0 Å². The molecule has 0 aromatic carbocycles. The Morgan fingerprint density at radius 3 is 3.00 bits per heavy atom. The predicted molar refractivity (Wildman–Crippen MR) is 59.4 cm³/mol. The fraction of sp³-hybridized carbons (Fsp3) is 0.909. The van der Waals surface area contributed by atoms with Gasteiger partial charge in [-0.15, -0.1) is 0 Å². The Labute approximate surface area is 91.8 Å².